The number of nitrogens with zero attached hydrogens (tertiary/aromatic N) is 5. The Balaban J connectivity index is 1.60. The zero-order valence-corrected chi connectivity index (χ0v) is 15.7. The molecule has 3 heterocycles. The van der Waals surface area contributed by atoms with Crippen LogP contribution in [-0.2, 0) is 6.42 Å². The van der Waals surface area contributed by atoms with Gasteiger partial charge in [-0.2, -0.15) is 9.61 Å². The molecule has 1 unspecified atom stereocenters. The number of fused-ring (bicyclic) bond motifs is 1. The molecule has 1 fully saturated rings. The molecule has 1 aromatic carbocycles. The van der Waals surface area contributed by atoms with E-state index in [1.807, 2.05) is 12.1 Å². The molecule has 0 aliphatic carbocycles. The number of rotatable bonds is 6. The van der Waals surface area contributed by atoms with Gasteiger partial charge in [-0.25, -0.2) is 0 Å². The van der Waals surface area contributed by atoms with Crippen molar-refractivity contribution in [1.82, 2.24) is 24.7 Å². The van der Waals surface area contributed by atoms with Crippen molar-refractivity contribution in [2.24, 2.45) is 0 Å². The van der Waals surface area contributed by atoms with Crippen LogP contribution in [0, 0.1) is 0 Å². The number of halogens is 1. The Bertz CT molecular complexity index is 869. The molecule has 0 spiro atoms. The van der Waals surface area contributed by atoms with Crippen LogP contribution in [0.1, 0.15) is 37.1 Å². The lowest BCUT2D eigenvalue weighted by Gasteiger charge is -2.28. The van der Waals surface area contributed by atoms with E-state index in [0.717, 1.165) is 48.1 Å². The normalized spacial score (nSPS) is 16.2. The molecular formula is C19H23ClN6. The number of aryl methyl sites for hydroxylation is 1. The summed E-state index contributed by atoms with van der Waals surface area (Å²) in [5.74, 6) is 0. The second-order valence-electron chi connectivity index (χ2n) is 6.69. The van der Waals surface area contributed by atoms with Crippen molar-refractivity contribution in [3.8, 4) is 0 Å². The number of hydrogen-bond acceptors (Lipinski definition) is 5. The lowest BCUT2D eigenvalue weighted by atomic mass is 10.1. The zero-order valence-electron chi connectivity index (χ0n) is 14.9. The first-order valence-electron chi connectivity index (χ1n) is 9.18. The molecule has 1 aliphatic heterocycles. The van der Waals surface area contributed by atoms with Crippen molar-refractivity contribution in [3.63, 3.8) is 0 Å². The second-order valence-corrected chi connectivity index (χ2v) is 7.13. The van der Waals surface area contributed by atoms with E-state index in [1.54, 1.807) is 10.8 Å². The van der Waals surface area contributed by atoms with Gasteiger partial charge in [0.25, 0.3) is 0 Å². The Labute approximate surface area is 158 Å². The third kappa shape index (κ3) is 3.52. The summed E-state index contributed by atoms with van der Waals surface area (Å²) >= 11 is 6.08. The maximum atomic E-state index is 6.08. The van der Waals surface area contributed by atoms with Crippen molar-refractivity contribution in [2.75, 3.05) is 25.0 Å². The predicted octanol–water partition coefficient (Wildman–Crippen LogP) is 3.59. The van der Waals surface area contributed by atoms with Crippen LogP contribution >= 0.6 is 11.6 Å². The van der Waals surface area contributed by atoms with Crippen molar-refractivity contribution in [3.05, 3.63) is 52.9 Å². The largest absolute Gasteiger partial charge is 0.380 e. The van der Waals surface area contributed by atoms with E-state index in [0.29, 0.717) is 6.04 Å². The van der Waals surface area contributed by atoms with Gasteiger partial charge in [0.05, 0.1) is 17.4 Å². The van der Waals surface area contributed by atoms with Crippen LogP contribution in [0.4, 0.5) is 5.69 Å². The number of likely N-dealkylation sites (tertiary alicyclic amines) is 1. The van der Waals surface area contributed by atoms with Gasteiger partial charge in [-0.3, -0.25) is 4.90 Å². The molecule has 1 aliphatic rings. The first kappa shape index (κ1) is 17.2. The third-order valence-corrected chi connectivity index (χ3v) is 5.25. The minimum absolute atomic E-state index is 0.302. The molecule has 0 amide bonds. The maximum absolute atomic E-state index is 6.08. The molecule has 3 aromatic rings. The number of benzene rings is 1. The van der Waals surface area contributed by atoms with Crippen LogP contribution in [0.25, 0.3) is 5.65 Å². The van der Waals surface area contributed by atoms with E-state index < -0.39 is 0 Å². The zero-order chi connectivity index (χ0) is 17.9. The van der Waals surface area contributed by atoms with E-state index in [4.69, 9.17) is 11.6 Å². The van der Waals surface area contributed by atoms with Crippen molar-refractivity contribution in [1.29, 1.82) is 0 Å². The van der Waals surface area contributed by atoms with E-state index in [-0.39, 0.29) is 0 Å². The van der Waals surface area contributed by atoms with Crippen LogP contribution in [0.5, 0.6) is 0 Å². The fourth-order valence-corrected chi connectivity index (χ4v) is 3.71. The summed E-state index contributed by atoms with van der Waals surface area (Å²) in [6.07, 6.45) is 5.04. The van der Waals surface area contributed by atoms with Crippen molar-refractivity contribution < 1.29 is 0 Å². The number of aromatic nitrogens is 4. The molecule has 4 rings (SSSR count). The molecule has 136 valence electrons. The third-order valence-electron chi connectivity index (χ3n) is 5.00. The van der Waals surface area contributed by atoms with Gasteiger partial charge in [0, 0.05) is 11.6 Å². The summed E-state index contributed by atoms with van der Waals surface area (Å²) in [6.45, 7) is 5.16. The fourth-order valence-electron chi connectivity index (χ4n) is 3.58. The highest BCUT2D eigenvalue weighted by molar-refractivity contribution is 6.30. The summed E-state index contributed by atoms with van der Waals surface area (Å²) < 4.78 is 1.74. The van der Waals surface area contributed by atoms with Gasteiger partial charge in [-0.05, 0) is 56.1 Å². The fraction of sp³-hybridized carbons (Fsp3) is 0.421. The van der Waals surface area contributed by atoms with Crippen LogP contribution in [0.15, 0.2) is 36.7 Å². The molecule has 0 saturated carbocycles. The van der Waals surface area contributed by atoms with Crippen molar-refractivity contribution >= 4 is 22.9 Å². The van der Waals surface area contributed by atoms with E-state index >= 15 is 0 Å². The Morgan fingerprint density at radius 1 is 1.19 bits per heavy atom. The van der Waals surface area contributed by atoms with Crippen LogP contribution in [-0.4, -0.2) is 44.3 Å². The van der Waals surface area contributed by atoms with Crippen LogP contribution < -0.4 is 5.32 Å². The number of hydrogen-bond donors (Lipinski definition) is 1. The van der Waals surface area contributed by atoms with Gasteiger partial charge in [0.2, 0.25) is 5.65 Å². The summed E-state index contributed by atoms with van der Waals surface area (Å²) in [5, 5.41) is 17.1. The Kier molecular flexibility index (Phi) is 5.04. The average Bonchev–Trinajstić information content (AvgIpc) is 3.34. The van der Waals surface area contributed by atoms with Gasteiger partial charge < -0.3 is 5.32 Å². The molecular weight excluding hydrogens is 348 g/mol. The van der Waals surface area contributed by atoms with E-state index in [1.165, 1.54) is 18.4 Å². The summed E-state index contributed by atoms with van der Waals surface area (Å²) in [6, 6.07) is 10.6. The predicted molar refractivity (Wildman–Crippen MR) is 104 cm³/mol. The minimum atomic E-state index is 0.302. The van der Waals surface area contributed by atoms with Gasteiger partial charge in [0.15, 0.2) is 0 Å². The summed E-state index contributed by atoms with van der Waals surface area (Å²) in [7, 11) is 0. The SMILES string of the molecule is CCc1cc(NCC(c2ccc(Cl)cc2)N2CCCC2)c2nncn2n1. The monoisotopic (exact) mass is 370 g/mol. The van der Waals surface area contributed by atoms with Crippen molar-refractivity contribution in [2.45, 2.75) is 32.2 Å². The van der Waals surface area contributed by atoms with Gasteiger partial charge in [-0.15, -0.1) is 10.2 Å². The number of anilines is 1. The highest BCUT2D eigenvalue weighted by atomic mass is 35.5. The van der Waals surface area contributed by atoms with Crippen LogP contribution in [0.2, 0.25) is 5.02 Å². The molecule has 7 heteroatoms. The van der Waals surface area contributed by atoms with E-state index in [9.17, 15) is 0 Å². The topological polar surface area (TPSA) is 58.3 Å². The molecule has 2 aromatic heterocycles. The van der Waals surface area contributed by atoms with Gasteiger partial charge >= 0.3 is 0 Å². The Morgan fingerprint density at radius 2 is 1.96 bits per heavy atom. The molecule has 1 saturated heterocycles. The molecule has 1 atom stereocenters. The molecule has 0 radical (unpaired) electrons. The summed E-state index contributed by atoms with van der Waals surface area (Å²) in [5.41, 5.74) is 4.04. The standard InChI is InChI=1S/C19H23ClN6/c1-2-16-11-17(19-23-22-13-26(19)24-16)21-12-18(25-9-3-4-10-25)14-5-7-15(20)8-6-14/h5-8,11,13,18,21H,2-4,9-10,12H2,1H3. The molecule has 26 heavy (non-hydrogen) atoms. The number of nitrogens with one attached hydrogen (secondary N) is 1. The highest BCUT2D eigenvalue weighted by Gasteiger charge is 2.23. The van der Waals surface area contributed by atoms with E-state index in [2.05, 4.69) is 50.6 Å². The molecule has 6 nitrogen and oxygen atoms in total. The first-order chi connectivity index (χ1) is 12.7. The quantitative estimate of drug-likeness (QED) is 0.718. The lowest BCUT2D eigenvalue weighted by Crippen LogP contribution is -2.31. The van der Waals surface area contributed by atoms with Gasteiger partial charge in [0.1, 0.15) is 6.33 Å². The molecule has 0 bridgehead atoms. The molecule has 1 N–H and O–H groups in total. The highest BCUT2D eigenvalue weighted by Crippen LogP contribution is 2.27. The minimum Gasteiger partial charge on any atom is -0.380 e. The summed E-state index contributed by atoms with van der Waals surface area (Å²) in [4.78, 5) is 2.54. The first-order valence-corrected chi connectivity index (χ1v) is 9.55. The Hall–Kier alpha value is -2.18. The smallest absolute Gasteiger partial charge is 0.200 e. The van der Waals surface area contributed by atoms with Gasteiger partial charge in [-0.1, -0.05) is 30.7 Å². The average molecular weight is 371 g/mol. The van der Waals surface area contributed by atoms with Crippen LogP contribution in [0.3, 0.4) is 0 Å². The Morgan fingerprint density at radius 3 is 2.69 bits per heavy atom. The second kappa shape index (κ2) is 7.60. The maximum Gasteiger partial charge on any atom is 0.200 e. The lowest BCUT2D eigenvalue weighted by molar-refractivity contribution is 0.256.